The minimum Gasteiger partial charge on any atom is -0.454 e. The second-order valence-corrected chi connectivity index (χ2v) is 8.62. The molecule has 1 aromatic heterocycles. The topological polar surface area (TPSA) is 90.4 Å². The molecule has 33 heavy (non-hydrogen) atoms. The third kappa shape index (κ3) is 4.49. The maximum Gasteiger partial charge on any atom is 0.328 e. The van der Waals surface area contributed by atoms with E-state index in [1.54, 1.807) is 18.2 Å². The maximum atomic E-state index is 12.9. The molecule has 0 radical (unpaired) electrons. The van der Waals surface area contributed by atoms with E-state index in [9.17, 15) is 14.4 Å². The van der Waals surface area contributed by atoms with E-state index in [4.69, 9.17) is 9.47 Å². The summed E-state index contributed by atoms with van der Waals surface area (Å²) in [6, 6.07) is 10.6. The number of hydrogen-bond donors (Lipinski definition) is 1. The number of hydrogen-bond acceptors (Lipinski definition) is 5. The maximum absolute atomic E-state index is 12.9. The average Bonchev–Trinajstić information content (AvgIpc) is 3.30. The lowest BCUT2D eigenvalue weighted by Crippen LogP contribution is -2.35. The Morgan fingerprint density at radius 2 is 1.88 bits per heavy atom. The smallest absolute Gasteiger partial charge is 0.328 e. The van der Waals surface area contributed by atoms with Crippen molar-refractivity contribution in [2.45, 2.75) is 51.5 Å². The molecule has 7 heteroatoms. The molecule has 7 nitrogen and oxygen atoms in total. The number of aromatic amines is 1. The molecule has 3 aromatic rings. The summed E-state index contributed by atoms with van der Waals surface area (Å²) in [4.78, 5) is 41.1. The monoisotopic (exact) mass is 446 g/mol. The second-order valence-electron chi connectivity index (χ2n) is 8.62. The molecule has 0 bridgehead atoms. The molecular weight excluding hydrogens is 420 g/mol. The van der Waals surface area contributed by atoms with Crippen molar-refractivity contribution in [2.24, 2.45) is 0 Å². The largest absolute Gasteiger partial charge is 0.454 e. The number of Topliss-reactive ketones (excluding diaryl/α,β-unsaturated/α-hetero) is 1. The highest BCUT2D eigenvalue weighted by atomic mass is 16.7. The molecular formula is C26H26N2O5. The number of aromatic nitrogens is 2. The van der Waals surface area contributed by atoms with Crippen LogP contribution in [0.2, 0.25) is 0 Å². The van der Waals surface area contributed by atoms with Gasteiger partial charge in [-0.05, 0) is 68.4 Å². The first kappa shape index (κ1) is 21.2. The van der Waals surface area contributed by atoms with Gasteiger partial charge in [0.2, 0.25) is 6.79 Å². The normalized spacial score (nSPS) is 15.0. The molecule has 1 aliphatic carbocycles. The number of ether oxygens (including phenoxy) is 2. The number of rotatable bonds is 7. The predicted octanol–water partition coefficient (Wildman–Crippen LogP) is 4.12. The number of allylic oxidation sites excluding steroid dienone is 2. The molecule has 0 spiro atoms. The highest BCUT2D eigenvalue weighted by Crippen LogP contribution is 2.32. The second kappa shape index (κ2) is 9.10. The Balaban J connectivity index is 1.31. The van der Waals surface area contributed by atoms with E-state index >= 15 is 0 Å². The molecule has 0 unspecified atom stereocenters. The van der Waals surface area contributed by atoms with Crippen molar-refractivity contribution in [2.75, 3.05) is 6.79 Å². The molecule has 0 fully saturated rings. The summed E-state index contributed by atoms with van der Waals surface area (Å²) in [6.07, 6.45) is 8.29. The molecule has 0 saturated heterocycles. The van der Waals surface area contributed by atoms with Crippen LogP contribution in [-0.4, -0.2) is 22.1 Å². The van der Waals surface area contributed by atoms with Crippen LogP contribution < -0.4 is 20.7 Å². The van der Waals surface area contributed by atoms with Crippen LogP contribution in [0, 0.1) is 0 Å². The first-order chi connectivity index (χ1) is 16.1. The molecule has 2 aromatic carbocycles. The van der Waals surface area contributed by atoms with Crippen molar-refractivity contribution in [1.29, 1.82) is 0 Å². The molecule has 2 heterocycles. The lowest BCUT2D eigenvalue weighted by molar-refractivity contribution is 0.0983. The highest BCUT2D eigenvalue weighted by molar-refractivity contribution is 5.99. The lowest BCUT2D eigenvalue weighted by atomic mass is 9.97. The van der Waals surface area contributed by atoms with Gasteiger partial charge in [-0.1, -0.05) is 23.8 Å². The van der Waals surface area contributed by atoms with Crippen molar-refractivity contribution in [3.8, 4) is 11.5 Å². The molecule has 1 aliphatic heterocycles. The van der Waals surface area contributed by atoms with E-state index in [-0.39, 0.29) is 18.1 Å². The van der Waals surface area contributed by atoms with Gasteiger partial charge in [-0.3, -0.25) is 14.2 Å². The molecule has 2 aliphatic rings. The van der Waals surface area contributed by atoms with Crippen LogP contribution in [0.25, 0.3) is 10.9 Å². The first-order valence-corrected chi connectivity index (χ1v) is 11.4. The van der Waals surface area contributed by atoms with E-state index in [1.807, 2.05) is 18.2 Å². The van der Waals surface area contributed by atoms with E-state index in [1.165, 1.54) is 23.0 Å². The number of carbonyl (C=O) groups is 1. The standard InChI is InChI=1S/C26H26N2O5/c29-22(10-6-18-7-11-23-24(14-18)33-16-32-23)19-8-9-20-21(15-19)27-26(31)28(25(20)30)13-12-17-4-2-1-3-5-17/h4,7-9,11,14-15H,1-3,5-6,10,12-13,16H2,(H,27,31). The Hall–Kier alpha value is -3.61. The van der Waals surface area contributed by atoms with Gasteiger partial charge in [0.25, 0.3) is 5.56 Å². The number of carbonyl (C=O) groups excluding carboxylic acids is 1. The van der Waals surface area contributed by atoms with Crippen LogP contribution >= 0.6 is 0 Å². The molecule has 170 valence electrons. The Morgan fingerprint density at radius 1 is 1.00 bits per heavy atom. The zero-order valence-electron chi connectivity index (χ0n) is 18.4. The molecule has 5 rings (SSSR count). The summed E-state index contributed by atoms with van der Waals surface area (Å²) in [7, 11) is 0. The van der Waals surface area contributed by atoms with Crippen molar-refractivity contribution >= 4 is 16.7 Å². The summed E-state index contributed by atoms with van der Waals surface area (Å²) in [5.74, 6) is 1.35. The first-order valence-electron chi connectivity index (χ1n) is 11.4. The van der Waals surface area contributed by atoms with E-state index in [2.05, 4.69) is 11.1 Å². The van der Waals surface area contributed by atoms with Crippen LogP contribution in [0.15, 0.2) is 57.6 Å². The number of H-pyrrole nitrogens is 1. The average molecular weight is 447 g/mol. The number of fused-ring (bicyclic) bond motifs is 2. The summed E-state index contributed by atoms with van der Waals surface area (Å²) in [6.45, 7) is 0.582. The lowest BCUT2D eigenvalue weighted by Gasteiger charge is -2.13. The number of nitrogens with one attached hydrogen (secondary N) is 1. The van der Waals surface area contributed by atoms with Crippen molar-refractivity contribution < 1.29 is 14.3 Å². The highest BCUT2D eigenvalue weighted by Gasteiger charge is 2.15. The minimum atomic E-state index is -0.436. The fourth-order valence-corrected chi connectivity index (χ4v) is 4.52. The van der Waals surface area contributed by atoms with Crippen LogP contribution in [0.3, 0.4) is 0 Å². The van der Waals surface area contributed by atoms with Gasteiger partial charge in [0.05, 0.1) is 10.9 Å². The Kier molecular flexibility index (Phi) is 5.86. The fourth-order valence-electron chi connectivity index (χ4n) is 4.52. The van der Waals surface area contributed by atoms with E-state index in [0.29, 0.717) is 53.8 Å². The minimum absolute atomic E-state index is 0.0520. The summed E-state index contributed by atoms with van der Waals surface area (Å²) >= 11 is 0. The van der Waals surface area contributed by atoms with Crippen molar-refractivity contribution in [3.63, 3.8) is 0 Å². The third-order valence-corrected chi connectivity index (χ3v) is 6.42. The molecule has 0 amide bonds. The number of aryl methyl sites for hydroxylation is 1. The SMILES string of the molecule is O=C(CCc1ccc2c(c1)OCO2)c1ccc2c(=O)n(CCC3=CCCCC3)c(=O)[nH]c2c1. The Morgan fingerprint density at radius 3 is 2.73 bits per heavy atom. The number of nitrogens with zero attached hydrogens (tertiary/aromatic N) is 1. The van der Waals surface area contributed by atoms with Crippen molar-refractivity contribution in [1.82, 2.24) is 9.55 Å². The van der Waals surface area contributed by atoms with Gasteiger partial charge in [0.15, 0.2) is 17.3 Å². The zero-order valence-corrected chi connectivity index (χ0v) is 18.4. The van der Waals surface area contributed by atoms with Gasteiger partial charge in [-0.25, -0.2) is 4.79 Å². The van der Waals surface area contributed by atoms with Crippen LogP contribution in [0.5, 0.6) is 11.5 Å². The van der Waals surface area contributed by atoms with Gasteiger partial charge in [-0.2, -0.15) is 0 Å². The number of ketones is 1. The van der Waals surface area contributed by atoms with Gasteiger partial charge >= 0.3 is 5.69 Å². The van der Waals surface area contributed by atoms with Crippen LogP contribution in [0.4, 0.5) is 0 Å². The molecule has 0 saturated carbocycles. The van der Waals surface area contributed by atoms with Gasteiger partial charge in [0, 0.05) is 18.5 Å². The van der Waals surface area contributed by atoms with E-state index in [0.717, 1.165) is 18.4 Å². The van der Waals surface area contributed by atoms with Crippen LogP contribution in [-0.2, 0) is 13.0 Å². The van der Waals surface area contributed by atoms with Crippen LogP contribution in [0.1, 0.15) is 54.4 Å². The van der Waals surface area contributed by atoms with E-state index < -0.39 is 5.69 Å². The summed E-state index contributed by atoms with van der Waals surface area (Å²) in [5.41, 5.74) is 2.42. The molecule has 1 N–H and O–H groups in total. The zero-order chi connectivity index (χ0) is 22.8. The summed E-state index contributed by atoms with van der Waals surface area (Å²) in [5, 5.41) is 0.416. The number of benzene rings is 2. The molecule has 0 atom stereocenters. The van der Waals surface area contributed by atoms with Gasteiger partial charge in [0.1, 0.15) is 0 Å². The van der Waals surface area contributed by atoms with Crippen molar-refractivity contribution in [3.05, 3.63) is 80.0 Å². The quantitative estimate of drug-likeness (QED) is 0.435. The van der Waals surface area contributed by atoms with Gasteiger partial charge in [-0.15, -0.1) is 0 Å². The Bertz CT molecular complexity index is 1370. The fraction of sp³-hybridized carbons (Fsp3) is 0.346. The van der Waals surface area contributed by atoms with Gasteiger partial charge < -0.3 is 14.5 Å². The Labute approximate surface area is 190 Å². The predicted molar refractivity (Wildman–Crippen MR) is 125 cm³/mol. The summed E-state index contributed by atoms with van der Waals surface area (Å²) < 4.78 is 12.0. The third-order valence-electron chi connectivity index (χ3n) is 6.42.